The Bertz CT molecular complexity index is 433. The number of hydrogen-bond donors (Lipinski definition) is 1. The van der Waals surface area contributed by atoms with Crippen molar-refractivity contribution in [3.8, 4) is 0 Å². The molecule has 0 radical (unpaired) electrons. The Kier molecular flexibility index (Phi) is 7.77. The van der Waals surface area contributed by atoms with Crippen LogP contribution in [0.15, 0.2) is 0 Å². The molecule has 0 aromatic carbocycles. The van der Waals surface area contributed by atoms with Crippen LogP contribution in [0.25, 0.3) is 0 Å². The van der Waals surface area contributed by atoms with Crippen molar-refractivity contribution in [3.63, 3.8) is 0 Å². The van der Waals surface area contributed by atoms with Gasteiger partial charge in [-0.05, 0) is 37.5 Å². The number of ether oxygens (including phenoxy) is 1. The van der Waals surface area contributed by atoms with Gasteiger partial charge < -0.3 is 10.1 Å². The summed E-state index contributed by atoms with van der Waals surface area (Å²) in [7, 11) is 0. The maximum Gasteiger partial charge on any atom is 0.234 e. The quantitative estimate of drug-likeness (QED) is 0.682. The van der Waals surface area contributed by atoms with Gasteiger partial charge >= 0.3 is 0 Å². The van der Waals surface area contributed by atoms with Gasteiger partial charge in [-0.15, -0.1) is 0 Å². The number of rotatable bonds is 9. The number of carbonyl (C=O) groups is 1. The molecule has 1 atom stereocenters. The van der Waals surface area contributed by atoms with Crippen LogP contribution in [0.1, 0.15) is 58.8 Å². The third-order valence-electron chi connectivity index (χ3n) is 6.00. The minimum Gasteiger partial charge on any atom is -0.374 e. The van der Waals surface area contributed by atoms with Gasteiger partial charge in [-0.1, -0.05) is 33.1 Å². The van der Waals surface area contributed by atoms with Crippen molar-refractivity contribution in [2.45, 2.75) is 70.9 Å². The van der Waals surface area contributed by atoms with E-state index in [0.29, 0.717) is 25.0 Å². The van der Waals surface area contributed by atoms with E-state index in [2.05, 4.69) is 29.0 Å². The Morgan fingerprint density at radius 2 is 1.96 bits per heavy atom. The highest BCUT2D eigenvalue weighted by Gasteiger charge is 2.32. The van der Waals surface area contributed by atoms with Crippen LogP contribution >= 0.6 is 0 Å². The number of carbonyl (C=O) groups excluding carboxylic acids is 1. The molecule has 0 spiro atoms. The molecule has 0 aromatic heterocycles. The first kappa shape index (κ1) is 20.1. The number of nitrogens with one attached hydrogen (secondary N) is 1. The molecule has 2 saturated carbocycles. The van der Waals surface area contributed by atoms with Crippen LogP contribution in [0.4, 0.5) is 0 Å². The zero-order valence-electron chi connectivity index (χ0n) is 16.9. The molecule has 5 nitrogen and oxygen atoms in total. The summed E-state index contributed by atoms with van der Waals surface area (Å²) in [5.74, 6) is 1.66. The molecule has 150 valence electrons. The van der Waals surface area contributed by atoms with Crippen LogP contribution in [0, 0.1) is 11.8 Å². The lowest BCUT2D eigenvalue weighted by molar-refractivity contribution is -0.123. The molecular weight excluding hydrogens is 326 g/mol. The Hall–Kier alpha value is -0.650. The van der Waals surface area contributed by atoms with Crippen LogP contribution in [0.3, 0.4) is 0 Å². The first-order valence-electron chi connectivity index (χ1n) is 10.9. The molecule has 0 bridgehead atoms. The van der Waals surface area contributed by atoms with Crippen molar-refractivity contribution in [1.82, 2.24) is 15.1 Å². The molecule has 1 N–H and O–H groups in total. The van der Waals surface area contributed by atoms with E-state index in [1.807, 2.05) is 0 Å². The van der Waals surface area contributed by atoms with Crippen LogP contribution in [0.2, 0.25) is 0 Å². The molecule has 3 fully saturated rings. The number of hydrogen-bond acceptors (Lipinski definition) is 4. The molecule has 1 saturated heterocycles. The highest BCUT2D eigenvalue weighted by atomic mass is 16.5. The van der Waals surface area contributed by atoms with Crippen LogP contribution in [-0.4, -0.2) is 73.7 Å². The highest BCUT2D eigenvalue weighted by molar-refractivity contribution is 5.78. The minimum atomic E-state index is 0.138. The molecule has 3 rings (SSSR count). The summed E-state index contributed by atoms with van der Waals surface area (Å²) < 4.78 is 5.86. The summed E-state index contributed by atoms with van der Waals surface area (Å²) in [6.07, 6.45) is 9.54. The van der Waals surface area contributed by atoms with Gasteiger partial charge in [0.25, 0.3) is 0 Å². The third kappa shape index (κ3) is 6.82. The van der Waals surface area contributed by atoms with Crippen molar-refractivity contribution in [1.29, 1.82) is 0 Å². The van der Waals surface area contributed by atoms with E-state index in [0.717, 1.165) is 38.7 Å². The van der Waals surface area contributed by atoms with Crippen molar-refractivity contribution >= 4 is 5.91 Å². The van der Waals surface area contributed by atoms with Gasteiger partial charge in [0.1, 0.15) is 0 Å². The van der Waals surface area contributed by atoms with E-state index in [4.69, 9.17) is 4.74 Å². The summed E-state index contributed by atoms with van der Waals surface area (Å²) in [6, 6.07) is 0.662. The first-order chi connectivity index (χ1) is 12.6. The van der Waals surface area contributed by atoms with E-state index in [9.17, 15) is 4.79 Å². The summed E-state index contributed by atoms with van der Waals surface area (Å²) in [5.41, 5.74) is 0. The largest absolute Gasteiger partial charge is 0.374 e. The number of nitrogens with zero attached hydrogens (tertiary/aromatic N) is 2. The lowest BCUT2D eigenvalue weighted by atomic mass is 9.89. The van der Waals surface area contributed by atoms with Crippen LogP contribution in [-0.2, 0) is 9.53 Å². The van der Waals surface area contributed by atoms with Crippen molar-refractivity contribution in [2.75, 3.05) is 45.9 Å². The molecule has 5 heteroatoms. The third-order valence-corrected chi connectivity index (χ3v) is 6.00. The van der Waals surface area contributed by atoms with Crippen LogP contribution < -0.4 is 5.32 Å². The summed E-state index contributed by atoms with van der Waals surface area (Å²) in [6.45, 7) is 10.7. The standard InChI is InChI=1S/C21H39N3O2/c1-17(2)13-23-10-11-26-20(15-23)12-22-21(25)16-24(19-8-9-19)14-18-6-4-3-5-7-18/h17-20H,3-16H2,1-2H3,(H,22,25). The highest BCUT2D eigenvalue weighted by Crippen LogP contribution is 2.31. The van der Waals surface area contributed by atoms with Gasteiger partial charge in [0.15, 0.2) is 0 Å². The molecule has 1 unspecified atom stereocenters. The van der Waals surface area contributed by atoms with Gasteiger partial charge in [0, 0.05) is 38.8 Å². The lowest BCUT2D eigenvalue weighted by Gasteiger charge is -2.34. The van der Waals surface area contributed by atoms with E-state index in [1.54, 1.807) is 0 Å². The number of amides is 1. The molecule has 1 aliphatic heterocycles. The molecular formula is C21H39N3O2. The van der Waals surface area contributed by atoms with E-state index < -0.39 is 0 Å². The molecule has 1 heterocycles. The lowest BCUT2D eigenvalue weighted by Crippen LogP contribution is -2.49. The van der Waals surface area contributed by atoms with Gasteiger partial charge in [0.05, 0.1) is 19.3 Å². The fourth-order valence-corrected chi connectivity index (χ4v) is 4.54. The maximum absolute atomic E-state index is 12.5. The van der Waals surface area contributed by atoms with E-state index in [-0.39, 0.29) is 12.0 Å². The summed E-state index contributed by atoms with van der Waals surface area (Å²) in [4.78, 5) is 17.4. The average Bonchev–Trinajstić information content (AvgIpc) is 3.45. The fraction of sp³-hybridized carbons (Fsp3) is 0.952. The second-order valence-corrected chi connectivity index (χ2v) is 9.11. The smallest absolute Gasteiger partial charge is 0.234 e. The zero-order chi connectivity index (χ0) is 18.4. The van der Waals surface area contributed by atoms with Crippen LogP contribution in [0.5, 0.6) is 0 Å². The first-order valence-corrected chi connectivity index (χ1v) is 10.9. The Morgan fingerprint density at radius 1 is 1.19 bits per heavy atom. The minimum absolute atomic E-state index is 0.138. The Morgan fingerprint density at radius 3 is 2.65 bits per heavy atom. The SMILES string of the molecule is CC(C)CN1CCOC(CNC(=O)CN(CC2CCCCC2)C2CC2)C1. The maximum atomic E-state index is 12.5. The second-order valence-electron chi connectivity index (χ2n) is 9.11. The molecule has 3 aliphatic rings. The van der Waals surface area contributed by atoms with Gasteiger partial charge in [-0.25, -0.2) is 0 Å². The average molecular weight is 366 g/mol. The van der Waals surface area contributed by atoms with Gasteiger partial charge in [-0.3, -0.25) is 14.6 Å². The van der Waals surface area contributed by atoms with Crippen molar-refractivity contribution in [3.05, 3.63) is 0 Å². The monoisotopic (exact) mass is 365 g/mol. The van der Waals surface area contributed by atoms with Crippen molar-refractivity contribution < 1.29 is 9.53 Å². The van der Waals surface area contributed by atoms with Gasteiger partial charge in [0.2, 0.25) is 5.91 Å². The predicted octanol–water partition coefficient (Wildman–Crippen LogP) is 2.50. The molecule has 2 aliphatic carbocycles. The summed E-state index contributed by atoms with van der Waals surface area (Å²) in [5, 5.41) is 3.14. The predicted molar refractivity (Wildman–Crippen MR) is 105 cm³/mol. The van der Waals surface area contributed by atoms with E-state index >= 15 is 0 Å². The van der Waals surface area contributed by atoms with E-state index in [1.165, 1.54) is 44.9 Å². The van der Waals surface area contributed by atoms with Crippen molar-refractivity contribution in [2.24, 2.45) is 11.8 Å². The second kappa shape index (κ2) is 10.0. The summed E-state index contributed by atoms with van der Waals surface area (Å²) >= 11 is 0. The Balaban J connectivity index is 1.38. The topological polar surface area (TPSA) is 44.8 Å². The van der Waals surface area contributed by atoms with Gasteiger partial charge in [-0.2, -0.15) is 0 Å². The molecule has 0 aromatic rings. The normalized spacial score (nSPS) is 25.8. The number of morpholine rings is 1. The zero-order valence-corrected chi connectivity index (χ0v) is 16.9. The fourth-order valence-electron chi connectivity index (χ4n) is 4.54. The molecule has 1 amide bonds. The Labute approximate surface area is 159 Å². The molecule has 26 heavy (non-hydrogen) atoms.